The van der Waals surface area contributed by atoms with Gasteiger partial charge in [-0.3, -0.25) is 4.79 Å². The SMILES string of the molecule is Cc1c(C(=O)C(C)C)oc2ccc(OCC3CC3)cc12. The van der Waals surface area contributed by atoms with Gasteiger partial charge in [0.25, 0.3) is 0 Å². The number of furan rings is 1. The maximum Gasteiger partial charge on any atom is 0.200 e. The van der Waals surface area contributed by atoms with E-state index in [1.165, 1.54) is 12.8 Å². The second-order valence-corrected chi connectivity index (χ2v) is 5.99. The molecule has 0 radical (unpaired) electrons. The highest BCUT2D eigenvalue weighted by Crippen LogP contribution is 2.32. The van der Waals surface area contributed by atoms with E-state index in [1.54, 1.807) is 0 Å². The first-order valence-corrected chi connectivity index (χ1v) is 7.26. The summed E-state index contributed by atoms with van der Waals surface area (Å²) in [5.41, 5.74) is 1.67. The van der Waals surface area contributed by atoms with Crippen LogP contribution < -0.4 is 4.74 Å². The van der Waals surface area contributed by atoms with Crippen LogP contribution in [0.25, 0.3) is 11.0 Å². The molecule has 0 N–H and O–H groups in total. The topological polar surface area (TPSA) is 39.4 Å². The van der Waals surface area contributed by atoms with Crippen LogP contribution in [0.5, 0.6) is 5.75 Å². The standard InChI is InChI=1S/C17H20O3/c1-10(2)16(18)17-11(3)14-8-13(6-7-15(14)20-17)19-9-12-4-5-12/h6-8,10,12H,4-5,9H2,1-3H3. The second kappa shape index (κ2) is 4.97. The number of hydrogen-bond acceptors (Lipinski definition) is 3. The third kappa shape index (κ3) is 2.45. The highest BCUT2D eigenvalue weighted by Gasteiger charge is 2.23. The fourth-order valence-corrected chi connectivity index (χ4v) is 2.29. The van der Waals surface area contributed by atoms with Crippen molar-refractivity contribution in [1.29, 1.82) is 0 Å². The van der Waals surface area contributed by atoms with Crippen LogP contribution in [0, 0.1) is 18.8 Å². The number of rotatable bonds is 5. The van der Waals surface area contributed by atoms with Crippen molar-refractivity contribution in [2.24, 2.45) is 11.8 Å². The molecule has 1 fully saturated rings. The van der Waals surface area contributed by atoms with Crippen molar-refractivity contribution in [3.63, 3.8) is 0 Å². The third-order valence-electron chi connectivity index (χ3n) is 3.84. The van der Waals surface area contributed by atoms with E-state index in [1.807, 2.05) is 39.0 Å². The fourth-order valence-electron chi connectivity index (χ4n) is 2.29. The van der Waals surface area contributed by atoms with Gasteiger partial charge in [0.1, 0.15) is 11.3 Å². The van der Waals surface area contributed by atoms with Crippen LogP contribution in [0.3, 0.4) is 0 Å². The number of carbonyl (C=O) groups is 1. The zero-order valence-electron chi connectivity index (χ0n) is 12.2. The molecule has 0 unspecified atom stereocenters. The Hall–Kier alpha value is -1.77. The average molecular weight is 272 g/mol. The second-order valence-electron chi connectivity index (χ2n) is 5.99. The van der Waals surface area contributed by atoms with Crippen molar-refractivity contribution in [2.45, 2.75) is 33.6 Å². The van der Waals surface area contributed by atoms with Crippen LogP contribution >= 0.6 is 0 Å². The van der Waals surface area contributed by atoms with Crippen LogP contribution in [-0.2, 0) is 0 Å². The molecule has 0 spiro atoms. The minimum Gasteiger partial charge on any atom is -0.493 e. The van der Waals surface area contributed by atoms with Crippen molar-refractivity contribution in [3.8, 4) is 5.75 Å². The zero-order valence-corrected chi connectivity index (χ0v) is 12.2. The van der Waals surface area contributed by atoms with Gasteiger partial charge in [0.2, 0.25) is 5.78 Å². The summed E-state index contributed by atoms with van der Waals surface area (Å²) in [6, 6.07) is 5.78. The Morgan fingerprint density at radius 1 is 1.40 bits per heavy atom. The van der Waals surface area contributed by atoms with Crippen LogP contribution in [0.15, 0.2) is 22.6 Å². The number of ketones is 1. The number of Topliss-reactive ketones (excluding diaryl/α,β-unsaturated/α-hetero) is 1. The lowest BCUT2D eigenvalue weighted by molar-refractivity contribution is 0.0912. The molecule has 1 aromatic heterocycles. The van der Waals surface area contributed by atoms with E-state index >= 15 is 0 Å². The highest BCUT2D eigenvalue weighted by atomic mass is 16.5. The lowest BCUT2D eigenvalue weighted by Gasteiger charge is -2.04. The molecule has 0 amide bonds. The molecule has 0 aliphatic heterocycles. The van der Waals surface area contributed by atoms with E-state index in [0.717, 1.165) is 34.8 Å². The molecule has 2 aromatic rings. The molecule has 0 saturated heterocycles. The monoisotopic (exact) mass is 272 g/mol. The number of ether oxygens (including phenoxy) is 1. The van der Waals surface area contributed by atoms with E-state index in [9.17, 15) is 4.79 Å². The van der Waals surface area contributed by atoms with Crippen molar-refractivity contribution in [3.05, 3.63) is 29.5 Å². The van der Waals surface area contributed by atoms with Crippen molar-refractivity contribution < 1.29 is 13.9 Å². The first-order valence-electron chi connectivity index (χ1n) is 7.26. The third-order valence-corrected chi connectivity index (χ3v) is 3.84. The minimum absolute atomic E-state index is 0.0548. The van der Waals surface area contributed by atoms with Gasteiger partial charge in [-0.25, -0.2) is 0 Å². The van der Waals surface area contributed by atoms with E-state index in [-0.39, 0.29) is 11.7 Å². The van der Waals surface area contributed by atoms with Gasteiger partial charge < -0.3 is 9.15 Å². The molecule has 1 aliphatic rings. The molecule has 3 nitrogen and oxygen atoms in total. The molecule has 106 valence electrons. The van der Waals surface area contributed by atoms with Gasteiger partial charge in [-0.05, 0) is 43.9 Å². The number of benzene rings is 1. The molecular weight excluding hydrogens is 252 g/mol. The largest absolute Gasteiger partial charge is 0.493 e. The fraction of sp³-hybridized carbons (Fsp3) is 0.471. The number of fused-ring (bicyclic) bond motifs is 1. The zero-order chi connectivity index (χ0) is 14.3. The molecule has 1 saturated carbocycles. The molecule has 3 heteroatoms. The number of carbonyl (C=O) groups excluding carboxylic acids is 1. The predicted octanol–water partition coefficient (Wildman–Crippen LogP) is 4.37. The minimum atomic E-state index is -0.0557. The predicted molar refractivity (Wildman–Crippen MR) is 78.3 cm³/mol. The van der Waals surface area contributed by atoms with Gasteiger partial charge >= 0.3 is 0 Å². The Kier molecular flexibility index (Phi) is 3.28. The lowest BCUT2D eigenvalue weighted by atomic mass is 10.0. The molecule has 1 heterocycles. The summed E-state index contributed by atoms with van der Waals surface area (Å²) in [4.78, 5) is 12.1. The van der Waals surface area contributed by atoms with Crippen LogP contribution in [0.2, 0.25) is 0 Å². The normalized spacial score (nSPS) is 15.0. The van der Waals surface area contributed by atoms with Gasteiger partial charge in [0, 0.05) is 16.9 Å². The summed E-state index contributed by atoms with van der Waals surface area (Å²) in [5.74, 6) is 2.07. The lowest BCUT2D eigenvalue weighted by Crippen LogP contribution is -2.07. The van der Waals surface area contributed by atoms with Crippen LogP contribution in [0.1, 0.15) is 42.8 Å². The Labute approximate surface area is 118 Å². The highest BCUT2D eigenvalue weighted by molar-refractivity contribution is 6.01. The van der Waals surface area contributed by atoms with Crippen LogP contribution in [-0.4, -0.2) is 12.4 Å². The summed E-state index contributed by atoms with van der Waals surface area (Å²) < 4.78 is 11.5. The molecule has 1 aliphatic carbocycles. The Bertz CT molecular complexity index is 648. The van der Waals surface area contributed by atoms with E-state index in [4.69, 9.17) is 9.15 Å². The van der Waals surface area contributed by atoms with Gasteiger partial charge in [0.15, 0.2) is 5.76 Å². The summed E-state index contributed by atoms with van der Waals surface area (Å²) in [7, 11) is 0. The van der Waals surface area contributed by atoms with E-state index in [2.05, 4.69) is 0 Å². The van der Waals surface area contributed by atoms with Crippen LogP contribution in [0.4, 0.5) is 0 Å². The maximum absolute atomic E-state index is 12.1. The van der Waals surface area contributed by atoms with Gasteiger partial charge in [-0.2, -0.15) is 0 Å². The average Bonchev–Trinajstić information content (AvgIpc) is 3.20. The Balaban J connectivity index is 1.92. The van der Waals surface area contributed by atoms with Crippen molar-refractivity contribution >= 4 is 16.8 Å². The number of hydrogen-bond donors (Lipinski definition) is 0. The van der Waals surface area contributed by atoms with Gasteiger partial charge in [-0.1, -0.05) is 13.8 Å². The molecule has 1 aromatic carbocycles. The summed E-state index contributed by atoms with van der Waals surface area (Å²) in [6.45, 7) is 6.50. The van der Waals surface area contributed by atoms with Gasteiger partial charge in [-0.15, -0.1) is 0 Å². The molecule has 0 atom stereocenters. The quantitative estimate of drug-likeness (QED) is 0.759. The van der Waals surface area contributed by atoms with Crippen molar-refractivity contribution in [2.75, 3.05) is 6.61 Å². The first-order chi connectivity index (χ1) is 9.56. The van der Waals surface area contributed by atoms with E-state index < -0.39 is 0 Å². The Morgan fingerprint density at radius 3 is 2.80 bits per heavy atom. The Morgan fingerprint density at radius 2 is 2.15 bits per heavy atom. The summed E-state index contributed by atoms with van der Waals surface area (Å²) in [5, 5.41) is 0.974. The smallest absolute Gasteiger partial charge is 0.200 e. The molecule has 3 rings (SSSR count). The molecular formula is C17H20O3. The van der Waals surface area contributed by atoms with E-state index in [0.29, 0.717) is 5.76 Å². The summed E-state index contributed by atoms with van der Waals surface area (Å²) >= 11 is 0. The number of aryl methyl sites for hydroxylation is 1. The molecule has 0 bridgehead atoms. The maximum atomic E-state index is 12.1. The van der Waals surface area contributed by atoms with Crippen molar-refractivity contribution in [1.82, 2.24) is 0 Å². The summed E-state index contributed by atoms with van der Waals surface area (Å²) in [6.07, 6.45) is 2.56. The molecule has 20 heavy (non-hydrogen) atoms. The van der Waals surface area contributed by atoms with Gasteiger partial charge in [0.05, 0.1) is 6.61 Å². The first kappa shape index (κ1) is 13.2.